The molecule has 0 atom stereocenters. The maximum Gasteiger partial charge on any atom is 0.349 e. The van der Waals surface area contributed by atoms with Gasteiger partial charge in [-0.2, -0.15) is 0 Å². The van der Waals surface area contributed by atoms with E-state index in [0.29, 0.717) is 43.0 Å². The molecule has 4 rings (SSSR count). The van der Waals surface area contributed by atoms with Gasteiger partial charge in [0.15, 0.2) is 0 Å². The van der Waals surface area contributed by atoms with Gasteiger partial charge >= 0.3 is 11.3 Å². The number of para-hydroxylation sites is 1. The summed E-state index contributed by atoms with van der Waals surface area (Å²) in [5.74, 6) is 0.123. The van der Waals surface area contributed by atoms with E-state index < -0.39 is 11.3 Å². The van der Waals surface area contributed by atoms with E-state index in [1.54, 1.807) is 36.2 Å². The second kappa shape index (κ2) is 7.08. The summed E-state index contributed by atoms with van der Waals surface area (Å²) in [6.07, 6.45) is 0. The molecule has 0 spiro atoms. The first-order valence-electron chi connectivity index (χ1n) is 9.21. The summed E-state index contributed by atoms with van der Waals surface area (Å²) in [5.41, 5.74) is -1.01. The smallest absolute Gasteiger partial charge is 0.349 e. The monoisotopic (exact) mass is 396 g/mol. The van der Waals surface area contributed by atoms with Crippen LogP contribution in [0.1, 0.15) is 10.4 Å². The summed E-state index contributed by atoms with van der Waals surface area (Å²) in [7, 11) is 3.04. The van der Waals surface area contributed by atoms with Crippen molar-refractivity contribution in [3.8, 4) is 0 Å². The topological polar surface area (TPSA) is 97.8 Å². The largest absolute Gasteiger partial charge is 0.422 e. The van der Waals surface area contributed by atoms with Gasteiger partial charge < -0.3 is 14.2 Å². The highest BCUT2D eigenvalue weighted by atomic mass is 16.4. The van der Waals surface area contributed by atoms with E-state index in [0.717, 1.165) is 4.57 Å². The lowest BCUT2D eigenvalue weighted by Crippen LogP contribution is -2.51. The third kappa shape index (κ3) is 3.24. The first-order valence-corrected chi connectivity index (χ1v) is 9.21. The minimum absolute atomic E-state index is 0.00173. The first kappa shape index (κ1) is 18.7. The number of carbonyl (C=O) groups excluding carboxylic acids is 1. The lowest BCUT2D eigenvalue weighted by Gasteiger charge is -2.36. The van der Waals surface area contributed by atoms with Crippen molar-refractivity contribution in [2.45, 2.75) is 0 Å². The maximum atomic E-state index is 12.9. The van der Waals surface area contributed by atoms with Gasteiger partial charge in [0.1, 0.15) is 17.0 Å². The normalized spacial score (nSPS) is 14.4. The fraction of sp³-hybridized carbons (Fsp3) is 0.300. The van der Waals surface area contributed by atoms with Crippen LogP contribution in [0.4, 0.5) is 5.82 Å². The SMILES string of the molecule is Cn1c(N2CCN(C(=O)c3cc4ccccc4oc3=O)CC2)cc(=O)n(C)c1=O. The van der Waals surface area contributed by atoms with Crippen molar-refractivity contribution in [3.63, 3.8) is 0 Å². The molecule has 3 heterocycles. The Morgan fingerprint density at radius 2 is 1.62 bits per heavy atom. The van der Waals surface area contributed by atoms with Gasteiger partial charge in [-0.25, -0.2) is 9.59 Å². The molecule has 3 aromatic rings. The average Bonchev–Trinajstić information content (AvgIpc) is 2.74. The zero-order chi connectivity index (χ0) is 20.7. The molecule has 9 nitrogen and oxygen atoms in total. The van der Waals surface area contributed by atoms with E-state index in [4.69, 9.17) is 4.42 Å². The highest BCUT2D eigenvalue weighted by Crippen LogP contribution is 2.16. The van der Waals surface area contributed by atoms with Crippen LogP contribution in [0.3, 0.4) is 0 Å². The van der Waals surface area contributed by atoms with Gasteiger partial charge in [-0.3, -0.25) is 18.7 Å². The molecule has 0 bridgehead atoms. The summed E-state index contributed by atoms with van der Waals surface area (Å²) < 4.78 is 7.72. The molecule has 150 valence electrons. The van der Waals surface area contributed by atoms with Crippen LogP contribution in [0.25, 0.3) is 11.0 Å². The fourth-order valence-electron chi connectivity index (χ4n) is 3.54. The number of fused-ring (bicyclic) bond motifs is 1. The summed E-state index contributed by atoms with van der Waals surface area (Å²) in [4.78, 5) is 52.7. The zero-order valence-electron chi connectivity index (χ0n) is 16.1. The van der Waals surface area contributed by atoms with Crippen LogP contribution in [0.5, 0.6) is 0 Å². The van der Waals surface area contributed by atoms with Gasteiger partial charge in [-0.05, 0) is 12.1 Å². The van der Waals surface area contributed by atoms with Crippen LogP contribution in [-0.2, 0) is 14.1 Å². The Morgan fingerprint density at radius 1 is 0.931 bits per heavy atom. The van der Waals surface area contributed by atoms with E-state index in [1.807, 2.05) is 11.0 Å². The number of hydrogen-bond donors (Lipinski definition) is 0. The Morgan fingerprint density at radius 3 is 2.34 bits per heavy atom. The second-order valence-corrected chi connectivity index (χ2v) is 7.01. The molecular formula is C20H20N4O5. The summed E-state index contributed by atoms with van der Waals surface area (Å²) in [5, 5.41) is 0.684. The van der Waals surface area contributed by atoms with Crippen LogP contribution >= 0.6 is 0 Å². The van der Waals surface area contributed by atoms with E-state index in [2.05, 4.69) is 0 Å². The zero-order valence-corrected chi connectivity index (χ0v) is 16.1. The third-order valence-electron chi connectivity index (χ3n) is 5.26. The number of benzene rings is 1. The summed E-state index contributed by atoms with van der Waals surface area (Å²) >= 11 is 0. The van der Waals surface area contributed by atoms with Gasteiger partial charge in [0, 0.05) is 51.7 Å². The van der Waals surface area contributed by atoms with Crippen molar-refractivity contribution in [1.82, 2.24) is 14.0 Å². The summed E-state index contributed by atoms with van der Waals surface area (Å²) in [6, 6.07) is 10.00. The number of hydrogen-bond acceptors (Lipinski definition) is 6. The number of anilines is 1. The highest BCUT2D eigenvalue weighted by molar-refractivity contribution is 5.96. The third-order valence-corrected chi connectivity index (χ3v) is 5.26. The number of piperazine rings is 1. The molecule has 0 aliphatic carbocycles. The van der Waals surface area contributed by atoms with Crippen molar-refractivity contribution in [3.05, 3.63) is 73.2 Å². The Balaban J connectivity index is 1.56. The predicted octanol–water partition coefficient (Wildman–Crippen LogP) is 0.153. The number of aromatic nitrogens is 2. The lowest BCUT2D eigenvalue weighted by molar-refractivity contribution is 0.0742. The van der Waals surface area contributed by atoms with Crippen LogP contribution in [0.2, 0.25) is 0 Å². The molecule has 1 aliphatic heterocycles. The van der Waals surface area contributed by atoms with E-state index in [1.165, 1.54) is 17.7 Å². The van der Waals surface area contributed by atoms with Crippen molar-refractivity contribution in [2.75, 3.05) is 31.1 Å². The van der Waals surface area contributed by atoms with Crippen molar-refractivity contribution in [2.24, 2.45) is 14.1 Å². The molecule has 1 aliphatic rings. The molecule has 29 heavy (non-hydrogen) atoms. The molecule has 9 heteroatoms. The minimum atomic E-state index is -0.662. The van der Waals surface area contributed by atoms with Gasteiger partial charge in [0.2, 0.25) is 0 Å². The standard InChI is InChI=1S/C20H20N4O5/c1-21-16(12-17(25)22(2)20(21)28)23-7-9-24(10-8-23)18(26)14-11-13-5-3-4-6-15(13)29-19(14)27/h3-6,11-12H,7-10H2,1-2H3. The molecule has 1 aromatic carbocycles. The fourth-order valence-corrected chi connectivity index (χ4v) is 3.54. The molecule has 2 aromatic heterocycles. The highest BCUT2D eigenvalue weighted by Gasteiger charge is 2.26. The molecule has 1 amide bonds. The van der Waals surface area contributed by atoms with Crippen LogP contribution in [-0.4, -0.2) is 46.1 Å². The molecule has 0 radical (unpaired) electrons. The number of amides is 1. The average molecular weight is 396 g/mol. The molecule has 0 unspecified atom stereocenters. The molecule has 1 saturated heterocycles. The number of rotatable bonds is 2. The van der Waals surface area contributed by atoms with E-state index in [-0.39, 0.29) is 17.0 Å². The predicted molar refractivity (Wildman–Crippen MR) is 108 cm³/mol. The van der Waals surface area contributed by atoms with Crippen LogP contribution in [0, 0.1) is 0 Å². The van der Waals surface area contributed by atoms with E-state index in [9.17, 15) is 19.2 Å². The Labute approximate surface area is 165 Å². The van der Waals surface area contributed by atoms with Crippen LogP contribution in [0.15, 0.2) is 55.2 Å². The van der Waals surface area contributed by atoms with Crippen molar-refractivity contribution >= 4 is 22.7 Å². The van der Waals surface area contributed by atoms with Gasteiger partial charge in [-0.1, -0.05) is 18.2 Å². The second-order valence-electron chi connectivity index (χ2n) is 7.01. The minimum Gasteiger partial charge on any atom is -0.422 e. The first-order chi connectivity index (χ1) is 13.9. The van der Waals surface area contributed by atoms with E-state index >= 15 is 0 Å². The Kier molecular flexibility index (Phi) is 4.57. The Bertz CT molecular complexity index is 1280. The molecule has 1 fully saturated rings. The van der Waals surface area contributed by atoms with Gasteiger partial charge in [0.05, 0.1) is 0 Å². The van der Waals surface area contributed by atoms with Gasteiger partial charge in [0.25, 0.3) is 11.5 Å². The number of carbonyl (C=O) groups is 1. The summed E-state index contributed by atoms with van der Waals surface area (Å²) in [6.45, 7) is 1.58. The Hall–Kier alpha value is -3.62. The quantitative estimate of drug-likeness (QED) is 0.572. The van der Waals surface area contributed by atoms with Crippen LogP contribution < -0.4 is 21.8 Å². The van der Waals surface area contributed by atoms with Crippen molar-refractivity contribution in [1.29, 1.82) is 0 Å². The van der Waals surface area contributed by atoms with Crippen molar-refractivity contribution < 1.29 is 9.21 Å². The molecule has 0 saturated carbocycles. The number of nitrogens with zero attached hydrogens (tertiary/aromatic N) is 4. The lowest BCUT2D eigenvalue weighted by atomic mass is 10.1. The molecule has 0 N–H and O–H groups in total. The van der Waals surface area contributed by atoms with Gasteiger partial charge in [-0.15, -0.1) is 0 Å². The maximum absolute atomic E-state index is 12.9. The molecular weight excluding hydrogens is 376 g/mol.